The van der Waals surface area contributed by atoms with Gasteiger partial charge in [0.15, 0.2) is 8.07 Å². The van der Waals surface area contributed by atoms with Crippen molar-refractivity contribution in [2.75, 3.05) is 0 Å². The van der Waals surface area contributed by atoms with Gasteiger partial charge in [-0.3, -0.25) is 0 Å². The van der Waals surface area contributed by atoms with Crippen LogP contribution in [-0.2, 0) is 14.0 Å². The van der Waals surface area contributed by atoms with Crippen LogP contribution in [0.25, 0.3) is 0 Å². The van der Waals surface area contributed by atoms with E-state index in [0.29, 0.717) is 21.3 Å². The highest BCUT2D eigenvalue weighted by molar-refractivity contribution is 7.20. The quantitative estimate of drug-likeness (QED) is 0.229. The summed E-state index contributed by atoms with van der Waals surface area (Å²) in [6.07, 6.45) is 0. The maximum absolute atomic E-state index is 16.8. The minimum atomic E-state index is -3.55. The van der Waals surface area contributed by atoms with Crippen LogP contribution in [0.1, 0.15) is 55.4 Å². The summed E-state index contributed by atoms with van der Waals surface area (Å²) < 4.78 is 51.7. The summed E-state index contributed by atoms with van der Waals surface area (Å²) in [6.45, 7) is 14.7. The number of rotatable bonds is 9. The first-order valence-corrected chi connectivity index (χ1v) is 17.3. The maximum atomic E-state index is 16.8. The van der Waals surface area contributed by atoms with Gasteiger partial charge in [-0.05, 0) is 93.7 Å². The van der Waals surface area contributed by atoms with Crippen LogP contribution in [0.5, 0.6) is 0 Å². The van der Waals surface area contributed by atoms with Gasteiger partial charge in [0.25, 0.3) is 0 Å². The SMILES string of the molecule is CC(C)(O)C(C)(C)O[B]c1ccc([Si](c2ccccc2)(c2ccccc2)c2ccc(B3OC(C)(C)C(C)(C)O3)cc2F)c(F)c1. The monoisotopic (exact) mass is 625 g/mol. The summed E-state index contributed by atoms with van der Waals surface area (Å²) in [4.78, 5) is 0. The predicted octanol–water partition coefficient (Wildman–Crippen LogP) is 3.45. The van der Waals surface area contributed by atoms with Crippen molar-refractivity contribution >= 4 is 54.3 Å². The van der Waals surface area contributed by atoms with Crippen molar-refractivity contribution in [1.29, 1.82) is 0 Å². The second-order valence-electron chi connectivity index (χ2n) is 13.9. The Labute approximate surface area is 268 Å². The predicted molar refractivity (Wildman–Crippen MR) is 183 cm³/mol. The second kappa shape index (κ2) is 11.9. The molecular formula is C36H41B2F2O4Si. The minimum Gasteiger partial charge on any atom is -0.427 e. The first-order chi connectivity index (χ1) is 21.0. The van der Waals surface area contributed by atoms with Crippen LogP contribution in [-0.4, -0.2) is 50.2 Å². The largest absolute Gasteiger partial charge is 0.494 e. The average molecular weight is 625 g/mol. The lowest BCUT2D eigenvalue weighted by atomic mass is 9.79. The van der Waals surface area contributed by atoms with E-state index in [4.69, 9.17) is 14.0 Å². The molecule has 1 saturated heterocycles. The van der Waals surface area contributed by atoms with Crippen LogP contribution in [0, 0.1) is 11.6 Å². The maximum Gasteiger partial charge on any atom is 0.494 e. The van der Waals surface area contributed by atoms with Crippen molar-refractivity contribution in [3.05, 3.63) is 109 Å². The van der Waals surface area contributed by atoms with E-state index in [2.05, 4.69) is 0 Å². The standard InChI is InChI=1S/C36H41B2F2O4Si/c1-33(2,41)34(3,4)42-37-25-19-21-31(29(39)23-25)45(27-15-11-9-12-16-27,28-17-13-10-14-18-28)32-22-20-26(24-30(32)40)38-43-35(5,6)36(7,8)44-38/h9-24,41H,1-8H3. The first kappa shape index (κ1) is 33.3. The molecule has 1 fully saturated rings. The lowest BCUT2D eigenvalue weighted by Crippen LogP contribution is -2.76. The Hall–Kier alpha value is -3.07. The van der Waals surface area contributed by atoms with E-state index in [1.807, 2.05) is 94.4 Å². The van der Waals surface area contributed by atoms with E-state index in [-0.39, 0.29) is 0 Å². The number of halogens is 2. The van der Waals surface area contributed by atoms with Crippen molar-refractivity contribution in [2.45, 2.75) is 77.8 Å². The molecule has 4 aromatic rings. The molecule has 0 spiro atoms. The second-order valence-corrected chi connectivity index (χ2v) is 17.6. The summed E-state index contributed by atoms with van der Waals surface area (Å²) in [5, 5.41) is 13.0. The minimum absolute atomic E-state index is 0.418. The van der Waals surface area contributed by atoms with E-state index in [9.17, 15) is 5.11 Å². The lowest BCUT2D eigenvalue weighted by molar-refractivity contribution is -0.0893. The van der Waals surface area contributed by atoms with Crippen molar-refractivity contribution in [3.8, 4) is 0 Å². The Kier molecular flexibility index (Phi) is 8.83. The molecule has 0 amide bonds. The highest BCUT2D eigenvalue weighted by atomic mass is 28.3. The van der Waals surface area contributed by atoms with Crippen molar-refractivity contribution in [1.82, 2.24) is 0 Å². The summed E-state index contributed by atoms with van der Waals surface area (Å²) in [5.41, 5.74) is -2.14. The molecule has 233 valence electrons. The molecule has 0 bridgehead atoms. The third-order valence-corrected chi connectivity index (χ3v) is 14.5. The summed E-state index contributed by atoms with van der Waals surface area (Å²) in [6, 6.07) is 29.3. The molecule has 1 aliphatic heterocycles. The van der Waals surface area contributed by atoms with E-state index < -0.39 is 49.2 Å². The van der Waals surface area contributed by atoms with E-state index in [0.717, 1.165) is 10.4 Å². The highest BCUT2D eigenvalue weighted by Gasteiger charge is 2.52. The molecule has 0 saturated carbocycles. The number of hydrogen-bond donors (Lipinski definition) is 1. The topological polar surface area (TPSA) is 47.9 Å². The molecule has 1 radical (unpaired) electrons. The van der Waals surface area contributed by atoms with Gasteiger partial charge < -0.3 is 19.1 Å². The number of aliphatic hydroxyl groups is 1. The Balaban J connectivity index is 1.67. The number of benzene rings is 4. The van der Waals surface area contributed by atoms with Crippen LogP contribution < -0.4 is 31.7 Å². The summed E-state index contributed by atoms with van der Waals surface area (Å²) in [7, 11) is -2.82. The fourth-order valence-corrected chi connectivity index (χ4v) is 10.3. The molecule has 0 unspecified atom stereocenters. The molecule has 0 aliphatic carbocycles. The molecule has 4 nitrogen and oxygen atoms in total. The van der Waals surface area contributed by atoms with Gasteiger partial charge in [0.2, 0.25) is 0 Å². The Morgan fingerprint density at radius 3 is 1.62 bits per heavy atom. The van der Waals surface area contributed by atoms with E-state index >= 15 is 8.78 Å². The highest BCUT2D eigenvalue weighted by Crippen LogP contribution is 2.36. The third kappa shape index (κ3) is 6.09. The Morgan fingerprint density at radius 2 is 1.18 bits per heavy atom. The Morgan fingerprint density at radius 1 is 0.711 bits per heavy atom. The molecular weight excluding hydrogens is 584 g/mol. The molecule has 45 heavy (non-hydrogen) atoms. The van der Waals surface area contributed by atoms with Gasteiger partial charge in [-0.2, -0.15) is 0 Å². The van der Waals surface area contributed by atoms with Gasteiger partial charge >= 0.3 is 14.6 Å². The fraction of sp³-hybridized carbons (Fsp3) is 0.333. The molecule has 4 aromatic carbocycles. The zero-order valence-electron chi connectivity index (χ0n) is 27.3. The van der Waals surface area contributed by atoms with Crippen molar-refractivity contribution in [2.24, 2.45) is 0 Å². The van der Waals surface area contributed by atoms with Crippen LogP contribution in [0.3, 0.4) is 0 Å². The molecule has 1 heterocycles. The van der Waals surface area contributed by atoms with Gasteiger partial charge in [-0.1, -0.05) is 90.4 Å². The molecule has 5 rings (SSSR count). The smallest absolute Gasteiger partial charge is 0.427 e. The van der Waals surface area contributed by atoms with Crippen LogP contribution in [0.2, 0.25) is 0 Å². The molecule has 0 aromatic heterocycles. The molecule has 1 N–H and O–H groups in total. The van der Waals surface area contributed by atoms with Crippen molar-refractivity contribution in [3.63, 3.8) is 0 Å². The van der Waals surface area contributed by atoms with Crippen LogP contribution in [0.15, 0.2) is 97.1 Å². The zero-order chi connectivity index (χ0) is 32.8. The van der Waals surface area contributed by atoms with E-state index in [1.165, 1.54) is 19.6 Å². The van der Waals surface area contributed by atoms with Gasteiger partial charge in [0.05, 0.1) is 22.4 Å². The average Bonchev–Trinajstić information content (AvgIpc) is 3.20. The Bertz CT molecular complexity index is 1600. The normalized spacial score (nSPS) is 16.6. The molecule has 0 atom stereocenters. The first-order valence-electron chi connectivity index (χ1n) is 15.3. The third-order valence-electron chi connectivity index (χ3n) is 9.70. The van der Waals surface area contributed by atoms with Crippen molar-refractivity contribution < 1.29 is 27.9 Å². The van der Waals surface area contributed by atoms with Gasteiger partial charge in [-0.15, -0.1) is 0 Å². The zero-order valence-corrected chi connectivity index (χ0v) is 28.3. The van der Waals surface area contributed by atoms with Crippen LogP contribution in [0.4, 0.5) is 8.78 Å². The molecule has 9 heteroatoms. The lowest BCUT2D eigenvalue weighted by Gasteiger charge is -2.37. The number of hydrogen-bond acceptors (Lipinski definition) is 4. The van der Waals surface area contributed by atoms with Gasteiger partial charge in [0.1, 0.15) is 11.6 Å². The summed E-state index contributed by atoms with van der Waals surface area (Å²) in [5.74, 6) is -0.922. The van der Waals surface area contributed by atoms with E-state index in [1.54, 1.807) is 45.9 Å². The van der Waals surface area contributed by atoms with Crippen LogP contribution >= 0.6 is 0 Å². The van der Waals surface area contributed by atoms with Gasteiger partial charge in [0, 0.05) is 0 Å². The molecule has 1 aliphatic rings. The summed E-state index contributed by atoms with van der Waals surface area (Å²) >= 11 is 0. The van der Waals surface area contributed by atoms with Gasteiger partial charge in [-0.25, -0.2) is 8.78 Å². The fourth-order valence-electron chi connectivity index (χ4n) is 5.54.